The van der Waals surface area contributed by atoms with Crippen LogP contribution in [0.1, 0.15) is 63.4 Å². The van der Waals surface area contributed by atoms with Crippen LogP contribution in [0.4, 0.5) is 0 Å². The number of quaternary nitrogens is 1. The molecule has 1 nitrogen and oxygen atoms in total. The molecule has 0 radical (unpaired) electrons. The number of piperidine rings is 1. The Morgan fingerprint density at radius 2 is 1.65 bits per heavy atom. The second-order valence-electron chi connectivity index (χ2n) is 8.10. The summed E-state index contributed by atoms with van der Waals surface area (Å²) in [6, 6.07) is 22.1. The van der Waals surface area contributed by atoms with Crippen molar-refractivity contribution in [2.45, 2.75) is 69.9 Å². The van der Waals surface area contributed by atoms with Gasteiger partial charge in [-0.2, -0.15) is 0 Å². The normalized spacial score (nSPS) is 27.6. The first-order valence-electron chi connectivity index (χ1n) is 10.4. The maximum absolute atomic E-state index is 2.42. The molecular weight excluding hydrogens is 338 g/mol. The average molecular weight is 370 g/mol. The van der Waals surface area contributed by atoms with Crippen LogP contribution in [0, 0.1) is 0 Å². The Kier molecular flexibility index (Phi) is 6.78. The molecular formula is C24H32ClN. The maximum atomic E-state index is 2.42. The molecule has 0 aliphatic carbocycles. The third kappa shape index (κ3) is 4.00. The average Bonchev–Trinajstić information content (AvgIpc) is 3.06. The highest BCUT2D eigenvalue weighted by Crippen LogP contribution is 2.34. The zero-order valence-corrected chi connectivity index (χ0v) is 16.7. The summed E-state index contributed by atoms with van der Waals surface area (Å²) in [7, 11) is 0. The van der Waals surface area contributed by atoms with Crippen molar-refractivity contribution in [2.75, 3.05) is 6.54 Å². The van der Waals surface area contributed by atoms with Crippen LogP contribution in [-0.2, 0) is 0 Å². The van der Waals surface area contributed by atoms with Crippen molar-refractivity contribution in [3.63, 3.8) is 0 Å². The number of halogens is 1. The molecule has 140 valence electrons. The highest BCUT2D eigenvalue weighted by Gasteiger charge is 2.45. The van der Waals surface area contributed by atoms with Crippen LogP contribution in [0.25, 0.3) is 11.1 Å². The SMILES string of the molecule is CCCC[C@H]1C[C@@H](c2ccc(-c3ccccc3)cc2)[C@H]2CCCC[NH+]12.[Cl-]. The van der Waals surface area contributed by atoms with E-state index in [-0.39, 0.29) is 12.4 Å². The lowest BCUT2D eigenvalue weighted by molar-refractivity contribution is -0.941. The summed E-state index contributed by atoms with van der Waals surface area (Å²) in [6.07, 6.45) is 9.89. The van der Waals surface area contributed by atoms with Crippen LogP contribution >= 0.6 is 0 Å². The fourth-order valence-electron chi connectivity index (χ4n) is 5.33. The number of hydrogen-bond acceptors (Lipinski definition) is 0. The van der Waals surface area contributed by atoms with E-state index in [1.165, 1.54) is 62.6 Å². The van der Waals surface area contributed by atoms with Gasteiger partial charge in [0.2, 0.25) is 0 Å². The fourth-order valence-corrected chi connectivity index (χ4v) is 5.33. The number of hydrogen-bond donors (Lipinski definition) is 1. The highest BCUT2D eigenvalue weighted by molar-refractivity contribution is 5.63. The van der Waals surface area contributed by atoms with Gasteiger partial charge in [-0.15, -0.1) is 0 Å². The first kappa shape index (κ1) is 19.5. The molecule has 2 aromatic rings. The van der Waals surface area contributed by atoms with Gasteiger partial charge in [0.1, 0.15) is 0 Å². The number of fused-ring (bicyclic) bond motifs is 1. The number of unbranched alkanes of at least 4 members (excludes halogenated alkanes) is 1. The molecule has 0 aromatic heterocycles. The van der Waals surface area contributed by atoms with Gasteiger partial charge >= 0.3 is 0 Å². The Balaban J connectivity index is 0.00000196. The first-order valence-corrected chi connectivity index (χ1v) is 10.4. The molecule has 2 fully saturated rings. The summed E-state index contributed by atoms with van der Waals surface area (Å²) < 4.78 is 0. The van der Waals surface area contributed by atoms with E-state index in [1.807, 2.05) is 4.90 Å². The molecule has 0 bridgehead atoms. The summed E-state index contributed by atoms with van der Waals surface area (Å²) >= 11 is 0. The largest absolute Gasteiger partial charge is 1.00 e. The summed E-state index contributed by atoms with van der Waals surface area (Å²) in [5.74, 6) is 0.780. The van der Waals surface area contributed by atoms with Gasteiger partial charge in [0.15, 0.2) is 0 Å². The zero-order chi connectivity index (χ0) is 17.1. The summed E-state index contributed by atoms with van der Waals surface area (Å²) in [4.78, 5) is 1.94. The second kappa shape index (κ2) is 9.06. The minimum Gasteiger partial charge on any atom is -1.00 e. The van der Waals surface area contributed by atoms with E-state index >= 15 is 0 Å². The molecule has 4 rings (SSSR count). The van der Waals surface area contributed by atoms with Gasteiger partial charge < -0.3 is 17.3 Å². The van der Waals surface area contributed by atoms with Crippen LogP contribution in [0.2, 0.25) is 0 Å². The highest BCUT2D eigenvalue weighted by atomic mass is 35.5. The van der Waals surface area contributed by atoms with Crippen molar-refractivity contribution in [1.29, 1.82) is 0 Å². The van der Waals surface area contributed by atoms with E-state index < -0.39 is 0 Å². The van der Waals surface area contributed by atoms with Gasteiger partial charge in [-0.1, -0.05) is 67.9 Å². The van der Waals surface area contributed by atoms with Crippen molar-refractivity contribution < 1.29 is 17.3 Å². The Morgan fingerprint density at radius 1 is 0.923 bits per heavy atom. The smallest absolute Gasteiger partial charge is 0.0948 e. The predicted octanol–water partition coefficient (Wildman–Crippen LogP) is 1.84. The topological polar surface area (TPSA) is 4.44 Å². The molecule has 2 saturated heterocycles. The van der Waals surface area contributed by atoms with Crippen molar-refractivity contribution >= 4 is 0 Å². The van der Waals surface area contributed by atoms with E-state index in [0.717, 1.165) is 18.0 Å². The Labute approximate surface area is 165 Å². The molecule has 2 aliphatic rings. The third-order valence-electron chi connectivity index (χ3n) is 6.61. The molecule has 0 spiro atoms. The van der Waals surface area contributed by atoms with E-state index in [4.69, 9.17) is 0 Å². The lowest BCUT2D eigenvalue weighted by Crippen LogP contribution is -3.17. The van der Waals surface area contributed by atoms with Crippen LogP contribution in [0.3, 0.4) is 0 Å². The van der Waals surface area contributed by atoms with Crippen molar-refractivity contribution in [1.82, 2.24) is 0 Å². The summed E-state index contributed by atoms with van der Waals surface area (Å²) in [5, 5.41) is 0. The molecule has 0 amide bonds. The van der Waals surface area contributed by atoms with E-state index in [0.29, 0.717) is 0 Å². The van der Waals surface area contributed by atoms with E-state index in [2.05, 4.69) is 61.5 Å². The van der Waals surface area contributed by atoms with Crippen LogP contribution in [0.15, 0.2) is 54.6 Å². The van der Waals surface area contributed by atoms with Gasteiger partial charge in [0, 0.05) is 18.8 Å². The number of nitrogens with one attached hydrogen (secondary N) is 1. The Bertz CT molecular complexity index is 666. The molecule has 26 heavy (non-hydrogen) atoms. The minimum absolute atomic E-state index is 0. The molecule has 2 heteroatoms. The van der Waals surface area contributed by atoms with Gasteiger partial charge in [0.25, 0.3) is 0 Å². The van der Waals surface area contributed by atoms with Gasteiger partial charge in [-0.05, 0) is 42.4 Å². The van der Waals surface area contributed by atoms with Crippen LogP contribution in [0.5, 0.6) is 0 Å². The van der Waals surface area contributed by atoms with Gasteiger partial charge in [-0.3, -0.25) is 0 Å². The molecule has 2 aromatic carbocycles. The summed E-state index contributed by atoms with van der Waals surface area (Å²) in [6.45, 7) is 3.75. The fraction of sp³-hybridized carbons (Fsp3) is 0.500. The number of benzene rings is 2. The minimum atomic E-state index is 0. The molecule has 2 heterocycles. The van der Waals surface area contributed by atoms with Crippen LogP contribution < -0.4 is 17.3 Å². The van der Waals surface area contributed by atoms with E-state index in [9.17, 15) is 0 Å². The molecule has 4 atom stereocenters. The Hall–Kier alpha value is -1.31. The zero-order valence-electron chi connectivity index (χ0n) is 16.0. The van der Waals surface area contributed by atoms with Crippen molar-refractivity contribution in [2.24, 2.45) is 0 Å². The standard InChI is InChI=1S/C24H31N.ClH/c1-2-3-11-22-18-23(24-12-7-8-17-25(22)24)21-15-13-20(14-16-21)19-9-5-4-6-10-19;/h4-6,9-10,13-16,22-24H,2-3,7-8,11-12,17-18H2,1H3;1H/t22-,23-,24+;/m0./s1. The predicted molar refractivity (Wildman–Crippen MR) is 106 cm³/mol. The summed E-state index contributed by atoms with van der Waals surface area (Å²) in [5.41, 5.74) is 4.26. The lowest BCUT2D eigenvalue weighted by atomic mass is 9.86. The molecule has 1 N–H and O–H groups in total. The first-order chi connectivity index (χ1) is 12.4. The monoisotopic (exact) mass is 369 g/mol. The second-order valence-corrected chi connectivity index (χ2v) is 8.10. The van der Waals surface area contributed by atoms with Crippen LogP contribution in [-0.4, -0.2) is 18.6 Å². The molecule has 0 saturated carbocycles. The quantitative estimate of drug-likeness (QED) is 0.820. The van der Waals surface area contributed by atoms with Gasteiger partial charge in [-0.25, -0.2) is 0 Å². The van der Waals surface area contributed by atoms with Crippen molar-refractivity contribution in [3.8, 4) is 11.1 Å². The van der Waals surface area contributed by atoms with Crippen molar-refractivity contribution in [3.05, 3.63) is 60.2 Å². The number of rotatable bonds is 5. The maximum Gasteiger partial charge on any atom is 0.0948 e. The lowest BCUT2D eigenvalue weighted by Gasteiger charge is -2.32. The third-order valence-corrected chi connectivity index (χ3v) is 6.61. The van der Waals surface area contributed by atoms with Gasteiger partial charge in [0.05, 0.1) is 18.6 Å². The molecule has 1 unspecified atom stereocenters. The van der Waals surface area contributed by atoms with E-state index in [1.54, 1.807) is 5.56 Å². The Morgan fingerprint density at radius 3 is 2.38 bits per heavy atom. The molecule has 2 aliphatic heterocycles.